The van der Waals surface area contributed by atoms with E-state index in [1.807, 2.05) is 6.07 Å². The van der Waals surface area contributed by atoms with Gasteiger partial charge in [-0.15, -0.1) is 0 Å². The van der Waals surface area contributed by atoms with Crippen LogP contribution in [-0.4, -0.2) is 29.1 Å². The van der Waals surface area contributed by atoms with Gasteiger partial charge >= 0.3 is 6.03 Å². The summed E-state index contributed by atoms with van der Waals surface area (Å²) in [6.07, 6.45) is 0. The largest absolute Gasteiger partial charge is 0.394 e. The summed E-state index contributed by atoms with van der Waals surface area (Å²) in [5.41, 5.74) is 0.880. The van der Waals surface area contributed by atoms with Crippen LogP contribution in [0.25, 0.3) is 0 Å². The standard InChI is InChI=1S/C18H20N2O3/c1-18(2,12-21)20-17(23)19-15-10-6-9-14(11-15)16(22)13-7-4-3-5-8-13/h3-11,21H,12H2,1-2H3,(H2,19,20,23). The monoisotopic (exact) mass is 312 g/mol. The molecule has 0 saturated heterocycles. The van der Waals surface area contributed by atoms with Gasteiger partial charge in [-0.1, -0.05) is 42.5 Å². The normalized spacial score (nSPS) is 10.9. The van der Waals surface area contributed by atoms with E-state index in [4.69, 9.17) is 5.11 Å². The third-order valence-electron chi connectivity index (χ3n) is 3.27. The molecule has 2 aromatic rings. The number of carbonyl (C=O) groups is 2. The molecule has 2 amide bonds. The molecule has 0 aliphatic heterocycles. The zero-order valence-corrected chi connectivity index (χ0v) is 13.2. The molecule has 0 fully saturated rings. The van der Waals surface area contributed by atoms with E-state index in [0.29, 0.717) is 16.8 Å². The molecule has 0 aliphatic rings. The summed E-state index contributed by atoms with van der Waals surface area (Å²) >= 11 is 0. The zero-order chi connectivity index (χ0) is 16.9. The van der Waals surface area contributed by atoms with Gasteiger partial charge < -0.3 is 15.7 Å². The number of benzene rings is 2. The van der Waals surface area contributed by atoms with Crippen LogP contribution in [0.2, 0.25) is 0 Å². The van der Waals surface area contributed by atoms with Gasteiger partial charge in [-0.3, -0.25) is 4.79 Å². The van der Waals surface area contributed by atoms with Crippen molar-refractivity contribution in [1.82, 2.24) is 5.32 Å². The highest BCUT2D eigenvalue weighted by Gasteiger charge is 2.19. The lowest BCUT2D eigenvalue weighted by Gasteiger charge is -2.23. The van der Waals surface area contributed by atoms with E-state index in [1.54, 1.807) is 62.4 Å². The number of carbonyl (C=O) groups excluding carboxylic acids is 2. The molecule has 2 rings (SSSR count). The minimum atomic E-state index is -0.721. The Hall–Kier alpha value is -2.66. The molecule has 0 aliphatic carbocycles. The van der Waals surface area contributed by atoms with E-state index in [9.17, 15) is 9.59 Å². The van der Waals surface area contributed by atoms with Crippen molar-refractivity contribution in [2.24, 2.45) is 0 Å². The molecule has 120 valence electrons. The average Bonchev–Trinajstić information content (AvgIpc) is 2.54. The summed E-state index contributed by atoms with van der Waals surface area (Å²) in [7, 11) is 0. The van der Waals surface area contributed by atoms with Gasteiger partial charge in [0.15, 0.2) is 5.78 Å². The Balaban J connectivity index is 2.11. The number of ketones is 1. The van der Waals surface area contributed by atoms with Crippen molar-refractivity contribution in [3.8, 4) is 0 Å². The average molecular weight is 312 g/mol. The number of urea groups is 1. The number of anilines is 1. The van der Waals surface area contributed by atoms with Gasteiger partial charge in [0, 0.05) is 16.8 Å². The predicted molar refractivity (Wildman–Crippen MR) is 89.6 cm³/mol. The van der Waals surface area contributed by atoms with Gasteiger partial charge in [0.1, 0.15) is 0 Å². The number of amides is 2. The molecule has 0 unspecified atom stereocenters. The van der Waals surface area contributed by atoms with Crippen molar-refractivity contribution in [2.45, 2.75) is 19.4 Å². The van der Waals surface area contributed by atoms with Gasteiger partial charge in [-0.2, -0.15) is 0 Å². The molecule has 0 spiro atoms. The maximum atomic E-state index is 12.4. The fourth-order valence-corrected chi connectivity index (χ4v) is 2.00. The van der Waals surface area contributed by atoms with Crippen LogP contribution in [0.3, 0.4) is 0 Å². The lowest BCUT2D eigenvalue weighted by molar-refractivity contribution is 0.103. The molecule has 3 N–H and O–H groups in total. The van der Waals surface area contributed by atoms with Crippen LogP contribution in [0, 0.1) is 0 Å². The molecule has 2 aromatic carbocycles. The molecule has 0 radical (unpaired) electrons. The Morgan fingerprint density at radius 1 is 1.00 bits per heavy atom. The highest BCUT2D eigenvalue weighted by Crippen LogP contribution is 2.15. The van der Waals surface area contributed by atoms with Crippen LogP contribution >= 0.6 is 0 Å². The van der Waals surface area contributed by atoms with Gasteiger partial charge in [0.2, 0.25) is 0 Å². The second-order valence-corrected chi connectivity index (χ2v) is 5.90. The smallest absolute Gasteiger partial charge is 0.319 e. The van der Waals surface area contributed by atoms with Crippen molar-refractivity contribution >= 4 is 17.5 Å². The molecule has 0 bridgehead atoms. The number of aliphatic hydroxyl groups excluding tert-OH is 1. The first-order valence-corrected chi connectivity index (χ1v) is 7.31. The van der Waals surface area contributed by atoms with E-state index >= 15 is 0 Å². The Kier molecular flexibility index (Phi) is 5.13. The van der Waals surface area contributed by atoms with E-state index in [0.717, 1.165) is 0 Å². The van der Waals surface area contributed by atoms with Crippen molar-refractivity contribution in [3.63, 3.8) is 0 Å². The summed E-state index contributed by atoms with van der Waals surface area (Å²) in [5.74, 6) is -0.106. The number of nitrogens with one attached hydrogen (secondary N) is 2. The van der Waals surface area contributed by atoms with Crippen LogP contribution in [0.4, 0.5) is 10.5 Å². The van der Waals surface area contributed by atoms with E-state index < -0.39 is 11.6 Å². The third-order valence-corrected chi connectivity index (χ3v) is 3.27. The summed E-state index contributed by atoms with van der Waals surface area (Å²) in [6, 6.07) is 15.3. The topological polar surface area (TPSA) is 78.4 Å². The first kappa shape index (κ1) is 16.7. The molecule has 0 atom stereocenters. The lowest BCUT2D eigenvalue weighted by Crippen LogP contribution is -2.48. The van der Waals surface area contributed by atoms with Gasteiger partial charge in [-0.25, -0.2) is 4.79 Å². The number of aliphatic hydroxyl groups is 1. The van der Waals surface area contributed by atoms with E-state index in [-0.39, 0.29) is 12.4 Å². The Morgan fingerprint density at radius 3 is 2.30 bits per heavy atom. The maximum Gasteiger partial charge on any atom is 0.319 e. The second-order valence-electron chi connectivity index (χ2n) is 5.90. The van der Waals surface area contributed by atoms with Crippen molar-refractivity contribution in [1.29, 1.82) is 0 Å². The maximum absolute atomic E-state index is 12.4. The first-order valence-electron chi connectivity index (χ1n) is 7.31. The van der Waals surface area contributed by atoms with E-state index in [1.165, 1.54) is 0 Å². The zero-order valence-electron chi connectivity index (χ0n) is 13.2. The minimum Gasteiger partial charge on any atom is -0.394 e. The van der Waals surface area contributed by atoms with Crippen molar-refractivity contribution in [3.05, 3.63) is 65.7 Å². The molecule has 0 aromatic heterocycles. The van der Waals surface area contributed by atoms with Crippen LogP contribution in [0.5, 0.6) is 0 Å². The quantitative estimate of drug-likeness (QED) is 0.743. The van der Waals surface area contributed by atoms with Gasteiger partial charge in [0.05, 0.1) is 12.1 Å². The van der Waals surface area contributed by atoms with E-state index in [2.05, 4.69) is 10.6 Å². The molecular weight excluding hydrogens is 292 g/mol. The first-order chi connectivity index (χ1) is 10.9. The van der Waals surface area contributed by atoms with Crippen LogP contribution < -0.4 is 10.6 Å². The van der Waals surface area contributed by atoms with Crippen molar-refractivity contribution < 1.29 is 14.7 Å². The summed E-state index contributed by atoms with van der Waals surface area (Å²) in [5, 5.41) is 14.5. The Labute approximate surface area is 135 Å². The summed E-state index contributed by atoms with van der Waals surface area (Å²) in [6.45, 7) is 3.25. The molecule has 0 saturated carbocycles. The summed E-state index contributed by atoms with van der Waals surface area (Å²) < 4.78 is 0. The highest BCUT2D eigenvalue weighted by atomic mass is 16.3. The van der Waals surface area contributed by atoms with Crippen LogP contribution in [0.15, 0.2) is 54.6 Å². The van der Waals surface area contributed by atoms with Crippen molar-refractivity contribution in [2.75, 3.05) is 11.9 Å². The molecule has 5 heteroatoms. The number of hydrogen-bond donors (Lipinski definition) is 3. The number of rotatable bonds is 5. The fourth-order valence-electron chi connectivity index (χ4n) is 2.00. The molecular formula is C18H20N2O3. The molecule has 0 heterocycles. The highest BCUT2D eigenvalue weighted by molar-refractivity contribution is 6.09. The molecule has 23 heavy (non-hydrogen) atoms. The summed E-state index contributed by atoms with van der Waals surface area (Å²) in [4.78, 5) is 24.3. The second kappa shape index (κ2) is 7.07. The number of hydrogen-bond acceptors (Lipinski definition) is 3. The van der Waals surface area contributed by atoms with Gasteiger partial charge in [0.25, 0.3) is 0 Å². The Bertz CT molecular complexity index is 696. The minimum absolute atomic E-state index is 0.106. The fraction of sp³-hybridized carbons (Fsp3) is 0.222. The Morgan fingerprint density at radius 2 is 1.65 bits per heavy atom. The predicted octanol–water partition coefficient (Wildman–Crippen LogP) is 2.81. The lowest BCUT2D eigenvalue weighted by atomic mass is 10.0. The van der Waals surface area contributed by atoms with Crippen LogP contribution in [0.1, 0.15) is 29.8 Å². The SMILES string of the molecule is CC(C)(CO)NC(=O)Nc1cccc(C(=O)c2ccccc2)c1. The van der Waals surface area contributed by atoms with Crippen LogP contribution in [-0.2, 0) is 0 Å². The third kappa shape index (κ3) is 4.66. The van der Waals surface area contributed by atoms with Gasteiger partial charge in [-0.05, 0) is 26.0 Å². The molecule has 5 nitrogen and oxygen atoms in total.